The fourth-order valence-corrected chi connectivity index (χ4v) is 1.38. The van der Waals surface area contributed by atoms with Crippen LogP contribution in [0.4, 0.5) is 0 Å². The SMILES string of the molecule is CC(C)C(C)(C)CNC(=O)CSCC(=O)O. The number of carboxylic acids is 1. The standard InChI is InChI=1S/C11H21NO3S/c1-8(2)11(3,4)7-12-9(13)5-16-6-10(14)15/h8H,5-7H2,1-4H3,(H,12,13)(H,14,15). The highest BCUT2D eigenvalue weighted by Crippen LogP contribution is 2.24. The summed E-state index contributed by atoms with van der Waals surface area (Å²) in [6.07, 6.45) is 0. The first-order valence-corrected chi connectivity index (χ1v) is 6.47. The Labute approximate surface area is 101 Å². The molecule has 0 aliphatic heterocycles. The predicted molar refractivity (Wildman–Crippen MR) is 66.6 cm³/mol. The van der Waals surface area contributed by atoms with Crippen LogP contribution in [-0.2, 0) is 9.59 Å². The molecule has 0 aromatic carbocycles. The van der Waals surface area contributed by atoms with Crippen LogP contribution in [0.3, 0.4) is 0 Å². The third-order valence-corrected chi connectivity index (χ3v) is 3.68. The lowest BCUT2D eigenvalue weighted by molar-refractivity contribution is -0.133. The molecule has 0 radical (unpaired) electrons. The van der Waals surface area contributed by atoms with Gasteiger partial charge in [0.25, 0.3) is 0 Å². The number of amides is 1. The molecule has 0 aliphatic rings. The molecule has 0 rings (SSSR count). The van der Waals surface area contributed by atoms with Gasteiger partial charge in [0.15, 0.2) is 0 Å². The highest BCUT2D eigenvalue weighted by atomic mass is 32.2. The summed E-state index contributed by atoms with van der Waals surface area (Å²) in [6.45, 7) is 9.05. The lowest BCUT2D eigenvalue weighted by Crippen LogP contribution is -2.37. The molecule has 4 nitrogen and oxygen atoms in total. The Kier molecular flexibility index (Phi) is 6.48. The van der Waals surface area contributed by atoms with Gasteiger partial charge >= 0.3 is 5.97 Å². The van der Waals surface area contributed by atoms with Crippen LogP contribution in [0.2, 0.25) is 0 Å². The van der Waals surface area contributed by atoms with E-state index in [1.165, 1.54) is 0 Å². The fraction of sp³-hybridized carbons (Fsp3) is 0.818. The van der Waals surface area contributed by atoms with Gasteiger partial charge in [-0.15, -0.1) is 11.8 Å². The fourth-order valence-electron chi connectivity index (χ4n) is 0.813. The quantitative estimate of drug-likeness (QED) is 0.717. The van der Waals surface area contributed by atoms with Crippen LogP contribution in [-0.4, -0.2) is 35.0 Å². The second-order valence-electron chi connectivity index (χ2n) is 4.81. The summed E-state index contributed by atoms with van der Waals surface area (Å²) in [6, 6.07) is 0. The van der Waals surface area contributed by atoms with Gasteiger partial charge in [-0.1, -0.05) is 27.7 Å². The van der Waals surface area contributed by atoms with E-state index >= 15 is 0 Å². The summed E-state index contributed by atoms with van der Waals surface area (Å²) in [5, 5.41) is 11.2. The average Bonchev–Trinajstić information content (AvgIpc) is 2.14. The van der Waals surface area contributed by atoms with E-state index in [0.29, 0.717) is 12.5 Å². The Morgan fingerprint density at radius 3 is 2.31 bits per heavy atom. The number of hydrogen-bond donors (Lipinski definition) is 2. The van der Waals surface area contributed by atoms with E-state index in [2.05, 4.69) is 33.0 Å². The predicted octanol–water partition coefficient (Wildman–Crippen LogP) is 1.60. The number of thioether (sulfide) groups is 1. The van der Waals surface area contributed by atoms with Crippen molar-refractivity contribution >= 4 is 23.6 Å². The van der Waals surface area contributed by atoms with Crippen LogP contribution in [0.5, 0.6) is 0 Å². The second-order valence-corrected chi connectivity index (χ2v) is 5.79. The molecule has 0 aromatic heterocycles. The first kappa shape index (κ1) is 15.3. The minimum absolute atomic E-state index is 0.0268. The molecular formula is C11H21NO3S. The van der Waals surface area contributed by atoms with Crippen LogP contribution in [0.25, 0.3) is 0 Å². The molecule has 0 saturated heterocycles. The van der Waals surface area contributed by atoms with Gasteiger partial charge in [0.05, 0.1) is 11.5 Å². The monoisotopic (exact) mass is 247 g/mol. The summed E-state index contributed by atoms with van der Waals surface area (Å²) in [4.78, 5) is 21.6. The molecule has 1 amide bonds. The van der Waals surface area contributed by atoms with E-state index in [0.717, 1.165) is 11.8 Å². The van der Waals surface area contributed by atoms with E-state index in [1.807, 2.05) is 0 Å². The molecule has 0 heterocycles. The third-order valence-electron chi connectivity index (χ3n) is 2.76. The third kappa shape index (κ3) is 6.71. The Morgan fingerprint density at radius 1 is 1.31 bits per heavy atom. The van der Waals surface area contributed by atoms with Crippen molar-refractivity contribution in [1.29, 1.82) is 0 Å². The number of aliphatic carboxylic acids is 1. The van der Waals surface area contributed by atoms with Crippen molar-refractivity contribution in [3.63, 3.8) is 0 Å². The van der Waals surface area contributed by atoms with Gasteiger partial charge in [-0.2, -0.15) is 0 Å². The summed E-state index contributed by atoms with van der Waals surface area (Å²) < 4.78 is 0. The highest BCUT2D eigenvalue weighted by Gasteiger charge is 2.22. The summed E-state index contributed by atoms with van der Waals surface area (Å²) in [5.41, 5.74) is 0.0626. The van der Waals surface area contributed by atoms with Gasteiger partial charge in [-0.25, -0.2) is 0 Å². The van der Waals surface area contributed by atoms with Crippen molar-refractivity contribution in [3.8, 4) is 0 Å². The van der Waals surface area contributed by atoms with Gasteiger partial charge in [0.1, 0.15) is 0 Å². The van der Waals surface area contributed by atoms with E-state index in [1.54, 1.807) is 0 Å². The van der Waals surface area contributed by atoms with E-state index in [4.69, 9.17) is 5.11 Å². The molecule has 0 spiro atoms. The number of carboxylic acid groups (broad SMARTS) is 1. The second kappa shape index (κ2) is 6.78. The zero-order chi connectivity index (χ0) is 12.8. The molecule has 0 unspecified atom stereocenters. The number of carbonyl (C=O) groups excluding carboxylic acids is 1. The Hall–Kier alpha value is -0.710. The highest BCUT2D eigenvalue weighted by molar-refractivity contribution is 8.00. The van der Waals surface area contributed by atoms with Crippen LogP contribution in [0, 0.1) is 11.3 Å². The molecule has 0 atom stereocenters. The zero-order valence-corrected chi connectivity index (χ0v) is 11.2. The zero-order valence-electron chi connectivity index (χ0n) is 10.4. The van der Waals surface area contributed by atoms with Crippen LogP contribution < -0.4 is 5.32 Å². The van der Waals surface area contributed by atoms with Crippen molar-refractivity contribution in [1.82, 2.24) is 5.32 Å². The summed E-state index contributed by atoms with van der Waals surface area (Å²) in [5.74, 6) is -0.318. The van der Waals surface area contributed by atoms with Crippen molar-refractivity contribution < 1.29 is 14.7 Å². The van der Waals surface area contributed by atoms with E-state index in [-0.39, 0.29) is 22.8 Å². The summed E-state index contributed by atoms with van der Waals surface area (Å²) in [7, 11) is 0. The molecule has 5 heteroatoms. The van der Waals surface area contributed by atoms with Crippen LogP contribution in [0.1, 0.15) is 27.7 Å². The molecule has 16 heavy (non-hydrogen) atoms. The minimum atomic E-state index is -0.889. The van der Waals surface area contributed by atoms with Gasteiger partial charge < -0.3 is 10.4 Å². The molecule has 94 valence electrons. The lowest BCUT2D eigenvalue weighted by atomic mass is 9.81. The van der Waals surface area contributed by atoms with Gasteiger partial charge in [0.2, 0.25) is 5.91 Å². The first-order chi connectivity index (χ1) is 7.25. The molecule has 0 aromatic rings. The molecule has 0 aliphatic carbocycles. The number of carbonyl (C=O) groups is 2. The van der Waals surface area contributed by atoms with Crippen molar-refractivity contribution in [3.05, 3.63) is 0 Å². The molecule has 0 saturated carbocycles. The number of hydrogen-bond acceptors (Lipinski definition) is 3. The Morgan fingerprint density at radius 2 is 1.88 bits per heavy atom. The maximum atomic E-state index is 11.4. The minimum Gasteiger partial charge on any atom is -0.481 e. The van der Waals surface area contributed by atoms with E-state index in [9.17, 15) is 9.59 Å². The number of rotatable bonds is 7. The first-order valence-electron chi connectivity index (χ1n) is 5.32. The molecule has 0 bridgehead atoms. The Balaban J connectivity index is 3.77. The normalized spacial score (nSPS) is 11.6. The molecule has 2 N–H and O–H groups in total. The molecular weight excluding hydrogens is 226 g/mol. The lowest BCUT2D eigenvalue weighted by Gasteiger charge is -2.29. The summed E-state index contributed by atoms with van der Waals surface area (Å²) >= 11 is 1.12. The van der Waals surface area contributed by atoms with Crippen molar-refractivity contribution in [2.45, 2.75) is 27.7 Å². The number of nitrogens with one attached hydrogen (secondary N) is 1. The van der Waals surface area contributed by atoms with Crippen LogP contribution in [0.15, 0.2) is 0 Å². The van der Waals surface area contributed by atoms with Gasteiger partial charge in [0, 0.05) is 6.54 Å². The Bertz CT molecular complexity index is 252. The maximum absolute atomic E-state index is 11.4. The van der Waals surface area contributed by atoms with Crippen molar-refractivity contribution in [2.24, 2.45) is 11.3 Å². The maximum Gasteiger partial charge on any atom is 0.313 e. The van der Waals surface area contributed by atoms with Crippen molar-refractivity contribution in [2.75, 3.05) is 18.1 Å². The van der Waals surface area contributed by atoms with Gasteiger partial charge in [-0.3, -0.25) is 9.59 Å². The van der Waals surface area contributed by atoms with Crippen LogP contribution >= 0.6 is 11.8 Å². The largest absolute Gasteiger partial charge is 0.481 e. The molecule has 0 fully saturated rings. The van der Waals surface area contributed by atoms with Gasteiger partial charge in [-0.05, 0) is 11.3 Å². The van der Waals surface area contributed by atoms with E-state index < -0.39 is 5.97 Å². The average molecular weight is 247 g/mol. The topological polar surface area (TPSA) is 66.4 Å². The smallest absolute Gasteiger partial charge is 0.313 e.